The molecule has 6 aliphatic rings. The van der Waals surface area contributed by atoms with Gasteiger partial charge in [-0.05, 0) is 127 Å². The van der Waals surface area contributed by atoms with Crippen molar-refractivity contribution >= 4 is 23.6 Å². The summed E-state index contributed by atoms with van der Waals surface area (Å²) in [5, 5.41) is 21.7. The summed E-state index contributed by atoms with van der Waals surface area (Å²) in [5.41, 5.74) is 10.3. The highest BCUT2D eigenvalue weighted by Gasteiger charge is 2.31. The number of carbonyl (C=O) groups excluding carboxylic acids is 4. The van der Waals surface area contributed by atoms with Crippen molar-refractivity contribution in [3.05, 3.63) is 135 Å². The first-order valence-corrected chi connectivity index (χ1v) is 26.3. The minimum atomic E-state index is -0.615. The Morgan fingerprint density at radius 1 is 0.535 bits per heavy atom. The van der Waals surface area contributed by atoms with E-state index in [4.69, 9.17) is 4.74 Å². The van der Waals surface area contributed by atoms with Gasteiger partial charge in [0.15, 0.2) is 0 Å². The Morgan fingerprint density at radius 3 is 1.51 bits per heavy atom. The molecule has 4 aromatic rings. The highest BCUT2D eigenvalue weighted by molar-refractivity contribution is 5.98. The van der Waals surface area contributed by atoms with Gasteiger partial charge in [0, 0.05) is 104 Å². The van der Waals surface area contributed by atoms with E-state index in [2.05, 4.69) is 82.6 Å². The van der Waals surface area contributed by atoms with Gasteiger partial charge in [0.25, 0.3) is 11.8 Å². The molecule has 4 amide bonds. The third-order valence-electron chi connectivity index (χ3n) is 15.9. The predicted octanol–water partition coefficient (Wildman–Crippen LogP) is 5.65. The number of β-amino-alcohol motifs (C(OH)–C–C–N with tert-alkyl or cyclic N) is 2. The maximum atomic E-state index is 13.5. The monoisotopic (exact) mass is 967 g/mol. The van der Waals surface area contributed by atoms with Crippen molar-refractivity contribution in [3.8, 4) is 5.75 Å². The van der Waals surface area contributed by atoms with Crippen molar-refractivity contribution in [3.63, 3.8) is 0 Å². The van der Waals surface area contributed by atoms with Crippen LogP contribution in [0.2, 0.25) is 0 Å². The first-order valence-electron chi connectivity index (χ1n) is 26.3. The topological polar surface area (TPSA) is 137 Å². The van der Waals surface area contributed by atoms with Crippen LogP contribution in [-0.4, -0.2) is 161 Å². The molecule has 6 heterocycles. The molecule has 0 aromatic heterocycles. The van der Waals surface area contributed by atoms with Crippen molar-refractivity contribution < 1.29 is 34.1 Å². The van der Waals surface area contributed by atoms with Crippen LogP contribution in [0.4, 0.5) is 0 Å². The summed E-state index contributed by atoms with van der Waals surface area (Å²) < 4.78 is 5.91. The second kappa shape index (κ2) is 23.3. The minimum absolute atomic E-state index is 0.0440. The average molecular weight is 967 g/mol. The molecule has 13 nitrogen and oxygen atoms in total. The van der Waals surface area contributed by atoms with E-state index in [0.29, 0.717) is 69.0 Å². The Balaban J connectivity index is 0.000000176. The number of hydrogen-bond donors (Lipinski definition) is 2. The lowest BCUT2D eigenvalue weighted by Crippen LogP contribution is -2.46. The van der Waals surface area contributed by atoms with Crippen LogP contribution < -0.4 is 4.74 Å². The summed E-state index contributed by atoms with van der Waals surface area (Å²) in [6.45, 7) is 13.5. The first kappa shape index (κ1) is 50.3. The average Bonchev–Trinajstić information content (AvgIpc) is 3.52. The maximum Gasteiger partial charge on any atom is 0.257 e. The van der Waals surface area contributed by atoms with Crippen LogP contribution in [0.25, 0.3) is 0 Å². The van der Waals surface area contributed by atoms with E-state index >= 15 is 0 Å². The number of aliphatic hydroxyl groups is 2. The quantitative estimate of drug-likeness (QED) is 0.185. The number of amides is 4. The van der Waals surface area contributed by atoms with Gasteiger partial charge < -0.3 is 34.5 Å². The summed E-state index contributed by atoms with van der Waals surface area (Å²) in [6.07, 6.45) is 7.52. The highest BCUT2D eigenvalue weighted by atomic mass is 16.5. The lowest BCUT2D eigenvalue weighted by Gasteiger charge is -2.34. The van der Waals surface area contributed by atoms with Gasteiger partial charge in [-0.1, -0.05) is 66.7 Å². The van der Waals surface area contributed by atoms with Gasteiger partial charge >= 0.3 is 0 Å². The molecule has 10 rings (SSSR count). The molecule has 0 saturated carbocycles. The largest absolute Gasteiger partial charge is 0.491 e. The van der Waals surface area contributed by atoms with Crippen LogP contribution >= 0.6 is 0 Å². The van der Waals surface area contributed by atoms with E-state index in [-0.39, 0.29) is 23.6 Å². The lowest BCUT2D eigenvalue weighted by molar-refractivity contribution is -0.131. The number of piperidine rings is 2. The van der Waals surface area contributed by atoms with Crippen LogP contribution in [-0.2, 0) is 54.8 Å². The number of ether oxygens (including phenoxy) is 1. The van der Waals surface area contributed by atoms with E-state index in [1.807, 2.05) is 26.8 Å². The second-order valence-electron chi connectivity index (χ2n) is 21.0. The van der Waals surface area contributed by atoms with E-state index < -0.39 is 12.2 Å². The Bertz CT molecular complexity index is 2520. The Labute approximate surface area is 420 Å². The Hall–Kier alpha value is -5.60. The summed E-state index contributed by atoms with van der Waals surface area (Å²) >= 11 is 0. The zero-order chi connectivity index (χ0) is 49.4. The van der Waals surface area contributed by atoms with Gasteiger partial charge in [-0.2, -0.15) is 0 Å². The standard InChI is InChI=1S/C29H37N3O4.C29H37N3O3/c1-21(33)31-12-8-22(9-13-31)16-23-6-7-28-27(17-23)29(35)32(14-15-36-28)20-26(34)19-30-11-10-24-4-2-3-5-25(24)18-30;1-21(33)31-13-8-22(9-14-31)16-23-6-7-25-11-15-32(29(35)28(25)17-23)20-27(34)19-30-12-10-24-4-2-3-5-26(24)18-30/h2-7,17,22,26,34H,8-16,18-20H2,1H3;2-7,17,22,27,34H,8-16,18-20H2,1H3/t26-;27-/m11/s1. The van der Waals surface area contributed by atoms with E-state index in [1.165, 1.54) is 27.8 Å². The van der Waals surface area contributed by atoms with E-state index in [0.717, 1.165) is 127 Å². The predicted molar refractivity (Wildman–Crippen MR) is 274 cm³/mol. The van der Waals surface area contributed by atoms with Crippen molar-refractivity contribution in [1.29, 1.82) is 0 Å². The molecule has 2 fully saturated rings. The molecule has 0 radical (unpaired) electrons. The Kier molecular flexibility index (Phi) is 16.5. The van der Waals surface area contributed by atoms with Crippen molar-refractivity contribution in [2.45, 2.75) is 96.9 Å². The number of benzene rings is 4. The van der Waals surface area contributed by atoms with Gasteiger partial charge in [-0.25, -0.2) is 0 Å². The summed E-state index contributed by atoms with van der Waals surface area (Å²) in [7, 11) is 0. The van der Waals surface area contributed by atoms with Crippen molar-refractivity contribution in [1.82, 2.24) is 29.4 Å². The fourth-order valence-electron chi connectivity index (χ4n) is 11.8. The number of fused-ring (bicyclic) bond motifs is 4. The molecule has 71 heavy (non-hydrogen) atoms. The molecule has 0 unspecified atom stereocenters. The Morgan fingerprint density at radius 2 is 0.986 bits per heavy atom. The fraction of sp³-hybridized carbons (Fsp3) is 0.517. The van der Waals surface area contributed by atoms with Gasteiger partial charge in [-0.3, -0.25) is 29.0 Å². The van der Waals surface area contributed by atoms with Crippen LogP contribution in [0.3, 0.4) is 0 Å². The SMILES string of the molecule is CC(=O)N1CCC(Cc2ccc3c(c2)C(=O)N(C[C@H](O)CN2CCc4ccccc4C2)CC3)CC1.CC(=O)N1CCC(Cc2ccc3c(c2)C(=O)N(C[C@H](O)CN2CCc4ccccc4C2)CCO3)CC1. The van der Waals surface area contributed by atoms with Crippen LogP contribution in [0, 0.1) is 11.8 Å². The fourth-order valence-corrected chi connectivity index (χ4v) is 11.8. The van der Waals surface area contributed by atoms with Gasteiger partial charge in [0.05, 0.1) is 24.3 Å². The number of nitrogens with zero attached hydrogens (tertiary/aromatic N) is 6. The second-order valence-corrected chi connectivity index (χ2v) is 21.0. The lowest BCUT2D eigenvalue weighted by atomic mass is 9.88. The number of carbonyl (C=O) groups is 4. The van der Waals surface area contributed by atoms with Gasteiger partial charge in [0.2, 0.25) is 11.8 Å². The van der Waals surface area contributed by atoms with Gasteiger partial charge in [-0.15, -0.1) is 0 Å². The van der Waals surface area contributed by atoms with Crippen LogP contribution in [0.15, 0.2) is 84.9 Å². The van der Waals surface area contributed by atoms with Crippen LogP contribution in [0.1, 0.15) is 99.2 Å². The number of rotatable bonds is 12. The molecule has 0 aliphatic carbocycles. The number of likely N-dealkylation sites (tertiary alicyclic amines) is 2. The molecule has 0 spiro atoms. The highest BCUT2D eigenvalue weighted by Crippen LogP contribution is 2.30. The maximum absolute atomic E-state index is 13.5. The third-order valence-corrected chi connectivity index (χ3v) is 15.9. The zero-order valence-electron chi connectivity index (χ0n) is 42.0. The molecule has 6 aliphatic heterocycles. The first-order chi connectivity index (χ1) is 34.4. The summed E-state index contributed by atoms with van der Waals surface area (Å²) in [4.78, 5) is 62.0. The van der Waals surface area contributed by atoms with Gasteiger partial charge in [0.1, 0.15) is 12.4 Å². The molecule has 4 aromatic carbocycles. The normalized spacial score (nSPS) is 19.8. The minimum Gasteiger partial charge on any atom is -0.491 e. The zero-order valence-corrected chi connectivity index (χ0v) is 42.0. The molecule has 2 atom stereocenters. The van der Waals surface area contributed by atoms with E-state index in [9.17, 15) is 29.4 Å². The number of aliphatic hydroxyl groups excluding tert-OH is 2. The van der Waals surface area contributed by atoms with E-state index in [1.54, 1.807) is 18.7 Å². The molecule has 2 saturated heterocycles. The third kappa shape index (κ3) is 12.9. The molecule has 13 heteroatoms. The smallest absolute Gasteiger partial charge is 0.257 e. The van der Waals surface area contributed by atoms with Crippen molar-refractivity contribution in [2.24, 2.45) is 11.8 Å². The van der Waals surface area contributed by atoms with Crippen LogP contribution in [0.5, 0.6) is 5.75 Å². The summed E-state index contributed by atoms with van der Waals surface area (Å²) in [5.74, 6) is 1.97. The molecule has 0 bridgehead atoms. The molecular weight excluding hydrogens is 893 g/mol. The molecule has 378 valence electrons. The number of hydrogen-bond acceptors (Lipinski definition) is 9. The summed E-state index contributed by atoms with van der Waals surface area (Å²) in [6, 6.07) is 29.3. The van der Waals surface area contributed by atoms with Crippen molar-refractivity contribution in [2.75, 3.05) is 85.1 Å². The molecular formula is C58H74N6O7. The molecule has 2 N–H and O–H groups in total.